The van der Waals surface area contributed by atoms with Gasteiger partial charge in [0.2, 0.25) is 5.91 Å². The second-order valence-corrected chi connectivity index (χ2v) is 9.83. The SMILES string of the molecule is COC(=O)c1c(NC(=O)C2CCC2)c2cc(N[C@@H](C)CC(C)C)cnc2n1CCc1ccccn1. The number of anilines is 2. The Balaban J connectivity index is 1.77. The van der Waals surface area contributed by atoms with Gasteiger partial charge in [-0.15, -0.1) is 0 Å². The van der Waals surface area contributed by atoms with E-state index in [4.69, 9.17) is 9.72 Å². The van der Waals surface area contributed by atoms with Gasteiger partial charge >= 0.3 is 5.97 Å². The van der Waals surface area contributed by atoms with Gasteiger partial charge in [-0.05, 0) is 50.3 Å². The molecule has 3 aromatic heterocycles. The Morgan fingerprint density at radius 3 is 2.63 bits per heavy atom. The first-order valence-electron chi connectivity index (χ1n) is 12.4. The van der Waals surface area contributed by atoms with Crippen LogP contribution >= 0.6 is 0 Å². The first-order chi connectivity index (χ1) is 16.9. The van der Waals surface area contributed by atoms with Crippen LogP contribution in [0.25, 0.3) is 11.0 Å². The monoisotopic (exact) mass is 477 g/mol. The molecule has 8 nitrogen and oxygen atoms in total. The maximum atomic E-state index is 13.0. The summed E-state index contributed by atoms with van der Waals surface area (Å²) in [6, 6.07) is 8.00. The average molecular weight is 478 g/mol. The van der Waals surface area contributed by atoms with E-state index in [1.165, 1.54) is 7.11 Å². The number of hydrogen-bond acceptors (Lipinski definition) is 6. The summed E-state index contributed by atoms with van der Waals surface area (Å²) >= 11 is 0. The molecule has 3 heterocycles. The van der Waals surface area contributed by atoms with Gasteiger partial charge in [0.05, 0.1) is 24.7 Å². The summed E-state index contributed by atoms with van der Waals surface area (Å²) in [5.41, 5.74) is 3.17. The molecule has 1 atom stereocenters. The fraction of sp³-hybridized carbons (Fsp3) is 0.481. The Bertz CT molecular complexity index is 1180. The van der Waals surface area contributed by atoms with Gasteiger partial charge in [0.25, 0.3) is 0 Å². The molecule has 1 aliphatic rings. The second kappa shape index (κ2) is 10.9. The number of hydrogen-bond donors (Lipinski definition) is 2. The van der Waals surface area contributed by atoms with Crippen LogP contribution < -0.4 is 10.6 Å². The largest absolute Gasteiger partial charge is 0.464 e. The lowest BCUT2D eigenvalue weighted by Crippen LogP contribution is -2.29. The molecule has 8 heteroatoms. The van der Waals surface area contributed by atoms with Crippen LogP contribution in [0.5, 0.6) is 0 Å². The average Bonchev–Trinajstić information content (AvgIpc) is 3.08. The molecule has 3 aromatic rings. The first kappa shape index (κ1) is 24.7. The highest BCUT2D eigenvalue weighted by molar-refractivity contribution is 6.11. The number of rotatable bonds is 10. The van der Waals surface area contributed by atoms with E-state index >= 15 is 0 Å². The summed E-state index contributed by atoms with van der Waals surface area (Å²) in [6.07, 6.45) is 7.96. The third-order valence-electron chi connectivity index (χ3n) is 6.56. The zero-order valence-electron chi connectivity index (χ0n) is 21.0. The number of fused-ring (bicyclic) bond motifs is 1. The van der Waals surface area contributed by atoms with Crippen molar-refractivity contribution >= 4 is 34.3 Å². The van der Waals surface area contributed by atoms with Gasteiger partial charge in [-0.25, -0.2) is 9.78 Å². The van der Waals surface area contributed by atoms with Crippen molar-refractivity contribution in [3.05, 3.63) is 48.0 Å². The van der Waals surface area contributed by atoms with Crippen LogP contribution in [-0.4, -0.2) is 39.6 Å². The van der Waals surface area contributed by atoms with E-state index < -0.39 is 5.97 Å². The zero-order valence-corrected chi connectivity index (χ0v) is 21.0. The summed E-state index contributed by atoms with van der Waals surface area (Å²) in [6.45, 7) is 7.00. The van der Waals surface area contributed by atoms with Crippen molar-refractivity contribution in [2.45, 2.75) is 65.5 Å². The van der Waals surface area contributed by atoms with Crippen molar-refractivity contribution in [2.75, 3.05) is 17.7 Å². The van der Waals surface area contributed by atoms with Crippen molar-refractivity contribution in [2.24, 2.45) is 11.8 Å². The van der Waals surface area contributed by atoms with Crippen molar-refractivity contribution in [3.8, 4) is 0 Å². The minimum absolute atomic E-state index is 0.0206. The number of nitrogens with one attached hydrogen (secondary N) is 2. The molecule has 1 saturated carbocycles. The van der Waals surface area contributed by atoms with Crippen molar-refractivity contribution in [1.82, 2.24) is 14.5 Å². The molecule has 0 aliphatic heterocycles. The van der Waals surface area contributed by atoms with Crippen LogP contribution in [0.4, 0.5) is 11.4 Å². The van der Waals surface area contributed by atoms with E-state index in [2.05, 4.69) is 36.4 Å². The zero-order chi connectivity index (χ0) is 24.9. The Morgan fingerprint density at radius 2 is 2.00 bits per heavy atom. The number of methoxy groups -OCH3 is 1. The van der Waals surface area contributed by atoms with Gasteiger partial charge in [0.15, 0.2) is 5.69 Å². The molecular weight excluding hydrogens is 442 g/mol. The first-order valence-corrected chi connectivity index (χ1v) is 12.4. The number of aromatic nitrogens is 3. The predicted molar refractivity (Wildman–Crippen MR) is 138 cm³/mol. The molecule has 1 fully saturated rings. The summed E-state index contributed by atoms with van der Waals surface area (Å²) in [5, 5.41) is 7.29. The third kappa shape index (κ3) is 5.63. The molecule has 4 rings (SSSR count). The van der Waals surface area contributed by atoms with Crippen LogP contribution in [0.1, 0.15) is 62.6 Å². The van der Waals surface area contributed by atoms with E-state index in [1.807, 2.05) is 28.8 Å². The molecule has 0 bridgehead atoms. The van der Waals surface area contributed by atoms with Crippen LogP contribution in [0.3, 0.4) is 0 Å². The summed E-state index contributed by atoms with van der Waals surface area (Å²) in [7, 11) is 1.36. The predicted octanol–water partition coefficient (Wildman–Crippen LogP) is 5.05. The molecule has 2 N–H and O–H groups in total. The Hall–Kier alpha value is -3.42. The maximum Gasteiger partial charge on any atom is 0.356 e. The molecule has 1 amide bonds. The number of amides is 1. The highest BCUT2D eigenvalue weighted by Gasteiger charge is 2.30. The van der Waals surface area contributed by atoms with Gasteiger partial charge in [0, 0.05) is 42.2 Å². The lowest BCUT2D eigenvalue weighted by Gasteiger charge is -2.24. The lowest BCUT2D eigenvalue weighted by atomic mass is 9.85. The summed E-state index contributed by atoms with van der Waals surface area (Å²) in [4.78, 5) is 35.1. The van der Waals surface area contributed by atoms with Gasteiger partial charge in [-0.1, -0.05) is 26.3 Å². The fourth-order valence-electron chi connectivity index (χ4n) is 4.68. The van der Waals surface area contributed by atoms with Crippen LogP contribution in [0.15, 0.2) is 36.7 Å². The van der Waals surface area contributed by atoms with Gasteiger partial charge in [0.1, 0.15) is 5.65 Å². The van der Waals surface area contributed by atoms with Crippen LogP contribution in [0.2, 0.25) is 0 Å². The molecule has 0 radical (unpaired) electrons. The fourth-order valence-corrected chi connectivity index (χ4v) is 4.68. The van der Waals surface area contributed by atoms with Gasteiger partial charge < -0.3 is 19.9 Å². The highest BCUT2D eigenvalue weighted by Crippen LogP contribution is 2.35. The van der Waals surface area contributed by atoms with Gasteiger partial charge in [-0.2, -0.15) is 0 Å². The lowest BCUT2D eigenvalue weighted by molar-refractivity contribution is -0.122. The van der Waals surface area contributed by atoms with Crippen LogP contribution in [0, 0.1) is 11.8 Å². The van der Waals surface area contributed by atoms with E-state index in [1.54, 1.807) is 12.4 Å². The quantitative estimate of drug-likeness (QED) is 0.397. The van der Waals surface area contributed by atoms with E-state index in [0.717, 1.165) is 42.5 Å². The smallest absolute Gasteiger partial charge is 0.356 e. The molecule has 0 aromatic carbocycles. The highest BCUT2D eigenvalue weighted by atomic mass is 16.5. The molecule has 1 aliphatic carbocycles. The number of aryl methyl sites for hydroxylation is 2. The summed E-state index contributed by atoms with van der Waals surface area (Å²) < 4.78 is 6.99. The normalized spacial score (nSPS) is 14.5. The molecule has 35 heavy (non-hydrogen) atoms. The van der Waals surface area contributed by atoms with E-state index in [9.17, 15) is 9.59 Å². The number of pyridine rings is 2. The van der Waals surface area contributed by atoms with E-state index in [0.29, 0.717) is 35.9 Å². The second-order valence-electron chi connectivity index (χ2n) is 9.83. The Morgan fingerprint density at radius 1 is 1.20 bits per heavy atom. The number of ether oxygens (including phenoxy) is 1. The topological polar surface area (TPSA) is 98.1 Å². The number of esters is 1. The maximum absolute atomic E-state index is 13.0. The number of carbonyl (C=O) groups is 2. The van der Waals surface area contributed by atoms with E-state index in [-0.39, 0.29) is 17.9 Å². The summed E-state index contributed by atoms with van der Waals surface area (Å²) in [5.74, 6) is -0.0230. The number of nitrogens with zero attached hydrogens (tertiary/aromatic N) is 3. The van der Waals surface area contributed by atoms with Crippen molar-refractivity contribution < 1.29 is 14.3 Å². The molecule has 0 unspecified atom stereocenters. The molecule has 186 valence electrons. The minimum atomic E-state index is -0.504. The van der Waals surface area contributed by atoms with Crippen molar-refractivity contribution in [3.63, 3.8) is 0 Å². The Kier molecular flexibility index (Phi) is 7.68. The molecular formula is C27H35N5O3. The Labute approximate surface area is 206 Å². The van der Waals surface area contributed by atoms with Crippen molar-refractivity contribution in [1.29, 1.82) is 0 Å². The van der Waals surface area contributed by atoms with Crippen LogP contribution in [-0.2, 0) is 22.5 Å². The molecule has 0 spiro atoms. The third-order valence-corrected chi connectivity index (χ3v) is 6.56. The van der Waals surface area contributed by atoms with Gasteiger partial charge in [-0.3, -0.25) is 9.78 Å². The minimum Gasteiger partial charge on any atom is -0.464 e. The number of carbonyl (C=O) groups excluding carboxylic acids is 2. The standard InChI is InChI=1S/C27H35N5O3/c1-17(2)14-18(3)30-21-15-22-23(31-26(33)19-8-7-9-19)24(27(34)35-4)32(25(22)29-16-21)13-11-20-10-5-6-12-28-20/h5-6,10,12,15-19,30H,7-9,11,13-14H2,1-4H3,(H,31,33)/t18-/m0/s1. The molecule has 0 saturated heterocycles.